The molecule has 1 heterocycles. The number of anilines is 1. The van der Waals surface area contributed by atoms with Crippen LogP contribution in [-0.2, 0) is 4.79 Å². The first-order valence-corrected chi connectivity index (χ1v) is 8.64. The largest absolute Gasteiger partial charge is 0.373 e. The van der Waals surface area contributed by atoms with Gasteiger partial charge in [0.1, 0.15) is 6.04 Å². The molecule has 0 unspecified atom stereocenters. The van der Waals surface area contributed by atoms with Crippen molar-refractivity contribution >= 4 is 22.4 Å². The predicted molar refractivity (Wildman–Crippen MR) is 96.7 cm³/mol. The van der Waals surface area contributed by atoms with E-state index < -0.39 is 0 Å². The van der Waals surface area contributed by atoms with Crippen molar-refractivity contribution in [2.24, 2.45) is 0 Å². The Labute approximate surface area is 138 Å². The van der Waals surface area contributed by atoms with E-state index >= 15 is 0 Å². The predicted octanol–water partition coefficient (Wildman–Crippen LogP) is 4.43. The number of hydrogen-bond acceptors (Lipinski definition) is 2. The van der Waals surface area contributed by atoms with Gasteiger partial charge in [0.05, 0.1) is 0 Å². The van der Waals surface area contributed by atoms with Crippen LogP contribution in [-0.4, -0.2) is 28.9 Å². The summed E-state index contributed by atoms with van der Waals surface area (Å²) in [6.07, 6.45) is 3.44. The number of benzene rings is 2. The van der Waals surface area contributed by atoms with E-state index in [0.717, 1.165) is 23.9 Å². The van der Waals surface area contributed by atoms with Crippen molar-refractivity contribution in [2.45, 2.75) is 58.2 Å². The van der Waals surface area contributed by atoms with Gasteiger partial charge in [-0.05, 0) is 51.5 Å². The van der Waals surface area contributed by atoms with Gasteiger partial charge >= 0.3 is 0 Å². The molecule has 1 aliphatic heterocycles. The first kappa shape index (κ1) is 15.9. The highest BCUT2D eigenvalue weighted by molar-refractivity contribution is 5.95. The van der Waals surface area contributed by atoms with Crippen LogP contribution >= 0.6 is 0 Å². The first-order chi connectivity index (χ1) is 11.1. The summed E-state index contributed by atoms with van der Waals surface area (Å²) in [5.41, 5.74) is 1.03. The van der Waals surface area contributed by atoms with Crippen molar-refractivity contribution in [1.29, 1.82) is 0 Å². The number of nitrogens with zero attached hydrogens (tertiary/aromatic N) is 1. The Kier molecular flexibility index (Phi) is 4.56. The van der Waals surface area contributed by atoms with E-state index in [1.54, 1.807) is 0 Å². The zero-order valence-electron chi connectivity index (χ0n) is 14.3. The Morgan fingerprint density at radius 3 is 2.48 bits per heavy atom. The van der Waals surface area contributed by atoms with Crippen LogP contribution in [0, 0.1) is 0 Å². The molecule has 0 aliphatic carbocycles. The molecule has 3 heteroatoms. The second kappa shape index (κ2) is 6.61. The van der Waals surface area contributed by atoms with Gasteiger partial charge in [-0.1, -0.05) is 36.4 Å². The van der Waals surface area contributed by atoms with Gasteiger partial charge in [-0.3, -0.25) is 4.79 Å². The van der Waals surface area contributed by atoms with Crippen LogP contribution in [0.25, 0.3) is 10.8 Å². The quantitative estimate of drug-likeness (QED) is 0.909. The molecule has 3 atom stereocenters. The van der Waals surface area contributed by atoms with E-state index in [9.17, 15) is 4.79 Å². The highest BCUT2D eigenvalue weighted by Crippen LogP contribution is 2.26. The van der Waals surface area contributed by atoms with Crippen LogP contribution in [0.15, 0.2) is 42.5 Å². The lowest BCUT2D eigenvalue weighted by molar-refractivity contribution is -0.137. The Morgan fingerprint density at radius 2 is 1.74 bits per heavy atom. The van der Waals surface area contributed by atoms with E-state index in [-0.39, 0.29) is 11.9 Å². The minimum absolute atomic E-state index is 0.206. The third-order valence-corrected chi connectivity index (χ3v) is 4.98. The van der Waals surface area contributed by atoms with Crippen LogP contribution in [0.5, 0.6) is 0 Å². The van der Waals surface area contributed by atoms with Crippen molar-refractivity contribution in [2.75, 3.05) is 5.32 Å². The fourth-order valence-corrected chi connectivity index (χ4v) is 3.73. The number of carbonyl (C=O) groups excluding carboxylic acids is 1. The number of piperidine rings is 1. The molecule has 23 heavy (non-hydrogen) atoms. The van der Waals surface area contributed by atoms with E-state index in [1.165, 1.54) is 11.8 Å². The first-order valence-electron chi connectivity index (χ1n) is 8.64. The van der Waals surface area contributed by atoms with Crippen molar-refractivity contribution < 1.29 is 4.79 Å². The standard InChI is InChI=1S/C20H26N2O/c1-14-8-6-9-15(2)22(14)20(23)16(3)21-19-13-7-11-17-10-4-5-12-18(17)19/h4-5,7,10-16,21H,6,8-9H2,1-3H3/t14-,15-,16-/m1/s1. The topological polar surface area (TPSA) is 32.3 Å². The number of nitrogens with one attached hydrogen (secondary N) is 1. The molecule has 0 bridgehead atoms. The van der Waals surface area contributed by atoms with Crippen molar-refractivity contribution in [3.63, 3.8) is 0 Å². The SMILES string of the molecule is C[C@@H]1CCC[C@@H](C)N1C(=O)[C@@H](C)Nc1cccc2ccccc12. The maximum Gasteiger partial charge on any atom is 0.245 e. The van der Waals surface area contributed by atoms with E-state index in [2.05, 4.69) is 48.3 Å². The summed E-state index contributed by atoms with van der Waals surface area (Å²) < 4.78 is 0. The fourth-order valence-electron chi connectivity index (χ4n) is 3.73. The zero-order valence-corrected chi connectivity index (χ0v) is 14.3. The molecule has 2 aromatic rings. The lowest BCUT2D eigenvalue weighted by atomic mass is 9.96. The number of rotatable bonds is 3. The number of likely N-dealkylation sites (tertiary alicyclic amines) is 1. The number of hydrogen-bond donors (Lipinski definition) is 1. The van der Waals surface area contributed by atoms with Crippen LogP contribution in [0.4, 0.5) is 5.69 Å². The maximum atomic E-state index is 12.9. The highest BCUT2D eigenvalue weighted by atomic mass is 16.2. The highest BCUT2D eigenvalue weighted by Gasteiger charge is 2.31. The average molecular weight is 310 g/mol. The number of amides is 1. The van der Waals surface area contributed by atoms with Gasteiger partial charge in [-0.15, -0.1) is 0 Å². The zero-order chi connectivity index (χ0) is 16.4. The smallest absolute Gasteiger partial charge is 0.245 e. The van der Waals surface area contributed by atoms with Crippen molar-refractivity contribution in [3.8, 4) is 0 Å². The molecule has 3 rings (SSSR count). The van der Waals surface area contributed by atoms with Crippen LogP contribution in [0.1, 0.15) is 40.0 Å². The molecule has 1 N–H and O–H groups in total. The molecule has 0 spiro atoms. The van der Waals surface area contributed by atoms with Gasteiger partial charge in [0.15, 0.2) is 0 Å². The molecule has 0 radical (unpaired) electrons. The maximum absolute atomic E-state index is 12.9. The third kappa shape index (κ3) is 3.19. The summed E-state index contributed by atoms with van der Waals surface area (Å²) in [5.74, 6) is 0.206. The molecule has 1 fully saturated rings. The summed E-state index contributed by atoms with van der Waals surface area (Å²) in [5, 5.41) is 5.78. The molecule has 1 amide bonds. The Morgan fingerprint density at radius 1 is 1.09 bits per heavy atom. The third-order valence-electron chi connectivity index (χ3n) is 4.98. The minimum atomic E-state index is -0.219. The van der Waals surface area contributed by atoms with Gasteiger partial charge in [0.25, 0.3) is 0 Å². The molecular weight excluding hydrogens is 284 g/mol. The van der Waals surface area contributed by atoms with E-state index in [0.29, 0.717) is 12.1 Å². The summed E-state index contributed by atoms with van der Waals surface area (Å²) in [6, 6.07) is 14.9. The molecule has 0 saturated carbocycles. The second-order valence-corrected chi connectivity index (χ2v) is 6.77. The second-order valence-electron chi connectivity index (χ2n) is 6.77. The molecule has 0 aromatic heterocycles. The van der Waals surface area contributed by atoms with Gasteiger partial charge in [-0.2, -0.15) is 0 Å². The normalized spacial score (nSPS) is 22.8. The van der Waals surface area contributed by atoms with Gasteiger partial charge in [0.2, 0.25) is 5.91 Å². The van der Waals surface area contributed by atoms with Gasteiger partial charge < -0.3 is 10.2 Å². The molecule has 3 nitrogen and oxygen atoms in total. The summed E-state index contributed by atoms with van der Waals surface area (Å²) in [4.78, 5) is 15.0. The Hall–Kier alpha value is -2.03. The molecule has 1 aliphatic rings. The number of carbonyl (C=O) groups is 1. The van der Waals surface area contributed by atoms with Gasteiger partial charge in [0, 0.05) is 23.2 Å². The fraction of sp³-hybridized carbons (Fsp3) is 0.450. The van der Waals surface area contributed by atoms with Crippen LogP contribution in [0.3, 0.4) is 0 Å². The molecule has 1 saturated heterocycles. The van der Waals surface area contributed by atoms with Crippen molar-refractivity contribution in [1.82, 2.24) is 4.90 Å². The van der Waals surface area contributed by atoms with Gasteiger partial charge in [-0.25, -0.2) is 0 Å². The summed E-state index contributed by atoms with van der Waals surface area (Å²) in [6.45, 7) is 6.30. The molecular formula is C20H26N2O. The van der Waals surface area contributed by atoms with E-state index in [4.69, 9.17) is 0 Å². The van der Waals surface area contributed by atoms with Crippen molar-refractivity contribution in [3.05, 3.63) is 42.5 Å². The average Bonchev–Trinajstić information content (AvgIpc) is 2.55. The van der Waals surface area contributed by atoms with Crippen LogP contribution < -0.4 is 5.32 Å². The summed E-state index contributed by atoms with van der Waals surface area (Å²) in [7, 11) is 0. The Bertz CT molecular complexity index is 682. The minimum Gasteiger partial charge on any atom is -0.373 e. The van der Waals surface area contributed by atoms with E-state index in [1.807, 2.05) is 25.1 Å². The monoisotopic (exact) mass is 310 g/mol. The lowest BCUT2D eigenvalue weighted by Gasteiger charge is -2.40. The number of fused-ring (bicyclic) bond motifs is 1. The Balaban J connectivity index is 1.80. The lowest BCUT2D eigenvalue weighted by Crippen LogP contribution is -2.52. The summed E-state index contributed by atoms with van der Waals surface area (Å²) >= 11 is 0. The van der Waals surface area contributed by atoms with Crippen LogP contribution in [0.2, 0.25) is 0 Å². The molecule has 122 valence electrons. The molecule has 2 aromatic carbocycles.